The highest BCUT2D eigenvalue weighted by atomic mass is 32.1. The molecule has 0 aliphatic carbocycles. The zero-order chi connectivity index (χ0) is 14.7. The summed E-state index contributed by atoms with van der Waals surface area (Å²) in [5, 5.41) is 3.86. The molecule has 4 nitrogen and oxygen atoms in total. The molecule has 2 aromatic rings. The van der Waals surface area contributed by atoms with Gasteiger partial charge in [0.25, 0.3) is 5.91 Å². The number of fused-ring (bicyclic) bond motifs is 1. The van der Waals surface area contributed by atoms with Gasteiger partial charge in [-0.2, -0.15) is 0 Å². The van der Waals surface area contributed by atoms with Crippen molar-refractivity contribution in [1.82, 2.24) is 10.3 Å². The highest BCUT2D eigenvalue weighted by molar-refractivity contribution is 7.21. The van der Waals surface area contributed by atoms with Crippen LogP contribution < -0.4 is 11.1 Å². The van der Waals surface area contributed by atoms with E-state index in [9.17, 15) is 4.79 Å². The number of nitrogens with zero attached hydrogens (tertiary/aromatic N) is 1. The van der Waals surface area contributed by atoms with Crippen LogP contribution in [0.4, 0.5) is 5.69 Å². The molecule has 0 aliphatic rings. The molecule has 108 valence electrons. The summed E-state index contributed by atoms with van der Waals surface area (Å²) in [7, 11) is 0. The highest BCUT2D eigenvalue weighted by Crippen LogP contribution is 2.35. The standard InChI is InChI=1S/C15H21N3OS/c1-4-5-6-7-17-15(19)14-13(16)12-10(3)18-9(2)8-11(12)20-14/h8H,4-7,16H2,1-3H3,(H,17,19). The molecule has 0 radical (unpaired) electrons. The summed E-state index contributed by atoms with van der Waals surface area (Å²) in [6.07, 6.45) is 3.28. The molecule has 0 saturated heterocycles. The Hall–Kier alpha value is -1.62. The second-order valence-corrected chi connectivity index (χ2v) is 6.08. The maximum Gasteiger partial charge on any atom is 0.263 e. The molecule has 2 aromatic heterocycles. The van der Waals surface area contributed by atoms with Crippen molar-refractivity contribution >= 4 is 33.0 Å². The number of aryl methyl sites for hydroxylation is 2. The molecule has 0 fully saturated rings. The lowest BCUT2D eigenvalue weighted by Crippen LogP contribution is -2.24. The Labute approximate surface area is 123 Å². The molecule has 5 heteroatoms. The molecular formula is C15H21N3OS. The van der Waals surface area contributed by atoms with E-state index in [4.69, 9.17) is 5.73 Å². The largest absolute Gasteiger partial charge is 0.397 e. The monoisotopic (exact) mass is 291 g/mol. The zero-order valence-electron chi connectivity index (χ0n) is 12.2. The first-order chi connectivity index (χ1) is 9.54. The third-order valence-electron chi connectivity index (χ3n) is 3.29. The van der Waals surface area contributed by atoms with Crippen LogP contribution in [0.25, 0.3) is 10.1 Å². The average molecular weight is 291 g/mol. The number of hydrogen-bond acceptors (Lipinski definition) is 4. The van der Waals surface area contributed by atoms with Crippen molar-refractivity contribution in [2.45, 2.75) is 40.0 Å². The molecule has 1 amide bonds. The third-order valence-corrected chi connectivity index (χ3v) is 4.44. The van der Waals surface area contributed by atoms with Crippen LogP contribution in [0, 0.1) is 13.8 Å². The van der Waals surface area contributed by atoms with Gasteiger partial charge >= 0.3 is 0 Å². The van der Waals surface area contributed by atoms with Gasteiger partial charge in [0.1, 0.15) is 4.88 Å². The van der Waals surface area contributed by atoms with Crippen molar-refractivity contribution in [2.75, 3.05) is 12.3 Å². The minimum atomic E-state index is -0.0724. The number of carbonyl (C=O) groups is 1. The number of aromatic nitrogens is 1. The van der Waals surface area contributed by atoms with Gasteiger partial charge in [-0.3, -0.25) is 9.78 Å². The summed E-state index contributed by atoms with van der Waals surface area (Å²) < 4.78 is 1.03. The molecule has 0 aliphatic heterocycles. The lowest BCUT2D eigenvalue weighted by molar-refractivity contribution is 0.0958. The number of anilines is 1. The van der Waals surface area contributed by atoms with Gasteiger partial charge in [-0.25, -0.2) is 0 Å². The topological polar surface area (TPSA) is 68.0 Å². The van der Waals surface area contributed by atoms with Crippen molar-refractivity contribution in [3.63, 3.8) is 0 Å². The summed E-state index contributed by atoms with van der Waals surface area (Å²) in [6, 6.07) is 1.98. The molecule has 2 rings (SSSR count). The van der Waals surface area contributed by atoms with Crippen LogP contribution in [-0.2, 0) is 0 Å². The number of nitrogens with two attached hydrogens (primary N) is 1. The van der Waals surface area contributed by atoms with Crippen LogP contribution in [0.1, 0.15) is 47.2 Å². The molecule has 0 atom stereocenters. The first-order valence-corrected chi connectivity index (χ1v) is 7.80. The Bertz CT molecular complexity index is 634. The fraction of sp³-hybridized carbons (Fsp3) is 0.467. The maximum absolute atomic E-state index is 12.2. The average Bonchev–Trinajstić information content (AvgIpc) is 2.71. The van der Waals surface area contributed by atoms with Crippen LogP contribution in [-0.4, -0.2) is 17.4 Å². The molecule has 2 heterocycles. The van der Waals surface area contributed by atoms with Crippen LogP contribution in [0.5, 0.6) is 0 Å². The number of unbranched alkanes of at least 4 members (excludes halogenated alkanes) is 2. The van der Waals surface area contributed by atoms with E-state index >= 15 is 0 Å². The van der Waals surface area contributed by atoms with E-state index in [2.05, 4.69) is 17.2 Å². The van der Waals surface area contributed by atoms with E-state index in [0.717, 1.165) is 40.7 Å². The van der Waals surface area contributed by atoms with Crippen molar-refractivity contribution in [3.05, 3.63) is 22.3 Å². The van der Waals surface area contributed by atoms with Gasteiger partial charge in [-0.1, -0.05) is 19.8 Å². The van der Waals surface area contributed by atoms with Crippen molar-refractivity contribution in [2.24, 2.45) is 0 Å². The highest BCUT2D eigenvalue weighted by Gasteiger charge is 2.18. The summed E-state index contributed by atoms with van der Waals surface area (Å²) in [5.74, 6) is -0.0724. The number of amides is 1. The SMILES string of the molecule is CCCCCNC(=O)c1sc2cc(C)nc(C)c2c1N. The number of nitrogens with one attached hydrogen (secondary N) is 1. The predicted molar refractivity (Wildman–Crippen MR) is 85.4 cm³/mol. The predicted octanol–water partition coefficient (Wildman–Crippen LogP) is 3.42. The van der Waals surface area contributed by atoms with Gasteiger partial charge in [-0.05, 0) is 26.3 Å². The van der Waals surface area contributed by atoms with E-state index in [-0.39, 0.29) is 5.91 Å². The zero-order valence-corrected chi connectivity index (χ0v) is 13.1. The first kappa shape index (κ1) is 14.8. The van der Waals surface area contributed by atoms with Crippen LogP contribution in [0.3, 0.4) is 0 Å². The van der Waals surface area contributed by atoms with Crippen molar-refractivity contribution in [1.29, 1.82) is 0 Å². The minimum absolute atomic E-state index is 0.0724. The molecule has 0 saturated carbocycles. The Balaban J connectivity index is 2.24. The molecule has 0 aromatic carbocycles. The second kappa shape index (κ2) is 6.22. The fourth-order valence-electron chi connectivity index (χ4n) is 2.31. The Morgan fingerprint density at radius 1 is 1.40 bits per heavy atom. The van der Waals surface area contributed by atoms with Gasteiger partial charge in [0.05, 0.1) is 5.69 Å². The van der Waals surface area contributed by atoms with Gasteiger partial charge in [0.2, 0.25) is 0 Å². The molecule has 20 heavy (non-hydrogen) atoms. The molecular weight excluding hydrogens is 270 g/mol. The smallest absolute Gasteiger partial charge is 0.263 e. The Morgan fingerprint density at radius 3 is 2.85 bits per heavy atom. The molecule has 0 unspecified atom stereocenters. The number of nitrogen functional groups attached to an aromatic ring is 1. The summed E-state index contributed by atoms with van der Waals surface area (Å²) in [6.45, 7) is 6.73. The lowest BCUT2D eigenvalue weighted by atomic mass is 10.2. The van der Waals surface area contributed by atoms with Gasteiger partial charge in [0, 0.05) is 28.0 Å². The summed E-state index contributed by atoms with van der Waals surface area (Å²) in [4.78, 5) is 17.2. The van der Waals surface area contributed by atoms with Gasteiger partial charge in [0.15, 0.2) is 0 Å². The number of carbonyl (C=O) groups excluding carboxylic acids is 1. The number of hydrogen-bond donors (Lipinski definition) is 2. The van der Waals surface area contributed by atoms with Gasteiger partial charge in [-0.15, -0.1) is 11.3 Å². The normalized spacial score (nSPS) is 10.9. The number of thiophene rings is 1. The van der Waals surface area contributed by atoms with E-state index in [0.29, 0.717) is 17.1 Å². The quantitative estimate of drug-likeness (QED) is 0.829. The van der Waals surface area contributed by atoms with Crippen LogP contribution >= 0.6 is 11.3 Å². The molecule has 3 N–H and O–H groups in total. The van der Waals surface area contributed by atoms with E-state index in [1.54, 1.807) is 0 Å². The summed E-state index contributed by atoms with van der Waals surface area (Å²) >= 11 is 1.45. The van der Waals surface area contributed by atoms with Crippen molar-refractivity contribution in [3.8, 4) is 0 Å². The fourth-order valence-corrected chi connectivity index (χ4v) is 3.49. The van der Waals surface area contributed by atoms with Gasteiger partial charge < -0.3 is 11.1 Å². The number of pyridine rings is 1. The van der Waals surface area contributed by atoms with Crippen molar-refractivity contribution < 1.29 is 4.79 Å². The van der Waals surface area contributed by atoms with E-state index in [1.165, 1.54) is 11.3 Å². The minimum Gasteiger partial charge on any atom is -0.397 e. The Morgan fingerprint density at radius 2 is 2.15 bits per heavy atom. The molecule has 0 spiro atoms. The Kier molecular flexibility index (Phi) is 4.60. The first-order valence-electron chi connectivity index (χ1n) is 6.99. The second-order valence-electron chi connectivity index (χ2n) is 5.03. The lowest BCUT2D eigenvalue weighted by Gasteiger charge is -2.03. The molecule has 0 bridgehead atoms. The maximum atomic E-state index is 12.2. The summed E-state index contributed by atoms with van der Waals surface area (Å²) in [5.41, 5.74) is 8.53. The van der Waals surface area contributed by atoms with Crippen LogP contribution in [0.15, 0.2) is 6.07 Å². The number of rotatable bonds is 5. The van der Waals surface area contributed by atoms with E-state index in [1.807, 2.05) is 19.9 Å². The van der Waals surface area contributed by atoms with Crippen LogP contribution in [0.2, 0.25) is 0 Å². The van der Waals surface area contributed by atoms with E-state index < -0.39 is 0 Å². The third kappa shape index (κ3) is 2.93.